The number of aromatic nitrogens is 2. The molecule has 0 unspecified atom stereocenters. The lowest BCUT2D eigenvalue weighted by Gasteiger charge is -2.23. The van der Waals surface area contributed by atoms with Crippen molar-refractivity contribution >= 4 is 11.5 Å². The lowest BCUT2D eigenvalue weighted by Crippen LogP contribution is -2.30. The van der Waals surface area contributed by atoms with Crippen molar-refractivity contribution in [2.45, 2.75) is 18.8 Å². The number of hydrazine groups is 1. The first kappa shape index (κ1) is 13.1. The molecule has 2 aromatic heterocycles. The summed E-state index contributed by atoms with van der Waals surface area (Å²) in [5, 5.41) is 5.28. The Hall–Kier alpha value is -1.85. The van der Waals surface area contributed by atoms with E-state index in [1.807, 2.05) is 18.3 Å². The highest BCUT2D eigenvalue weighted by atomic mass is 15.5. The van der Waals surface area contributed by atoms with Crippen molar-refractivity contribution in [3.8, 4) is 0 Å². The van der Waals surface area contributed by atoms with Crippen molar-refractivity contribution < 1.29 is 0 Å². The Balaban J connectivity index is 2.00. The van der Waals surface area contributed by atoms with Gasteiger partial charge in [0, 0.05) is 19.4 Å². The second-order valence-corrected chi connectivity index (χ2v) is 5.11. The minimum absolute atomic E-state index is 0.641. The third-order valence-corrected chi connectivity index (χ3v) is 3.99. The van der Waals surface area contributed by atoms with Crippen molar-refractivity contribution in [3.63, 3.8) is 0 Å². The van der Waals surface area contributed by atoms with Crippen molar-refractivity contribution in [2.75, 3.05) is 25.1 Å². The van der Waals surface area contributed by atoms with Gasteiger partial charge >= 0.3 is 0 Å². The van der Waals surface area contributed by atoms with Gasteiger partial charge in [0.25, 0.3) is 0 Å². The number of pyridine rings is 1. The van der Waals surface area contributed by atoms with Gasteiger partial charge in [-0.15, -0.1) is 0 Å². The maximum absolute atomic E-state index is 4.44. The van der Waals surface area contributed by atoms with Gasteiger partial charge in [0.2, 0.25) is 0 Å². The Morgan fingerprint density at radius 3 is 2.95 bits per heavy atom. The molecule has 2 aromatic rings. The van der Waals surface area contributed by atoms with Gasteiger partial charge in [0.05, 0.1) is 6.20 Å². The zero-order chi connectivity index (χ0) is 13.9. The largest absolute Gasteiger partial charge is 0.317 e. The number of anilines is 1. The van der Waals surface area contributed by atoms with Crippen LogP contribution in [0.4, 0.5) is 5.82 Å². The molecule has 1 aliphatic heterocycles. The lowest BCUT2D eigenvalue weighted by molar-refractivity contribution is 0.459. The monoisotopic (exact) mass is 271 g/mol. The number of nitrogens with one attached hydrogen (secondary N) is 2. The minimum atomic E-state index is 0.641. The summed E-state index contributed by atoms with van der Waals surface area (Å²) in [6, 6.07) is 4.30. The van der Waals surface area contributed by atoms with Crippen LogP contribution in [0.2, 0.25) is 0 Å². The number of nitrogens with zero attached hydrogens (tertiary/aromatic N) is 3. The zero-order valence-corrected chi connectivity index (χ0v) is 11.8. The summed E-state index contributed by atoms with van der Waals surface area (Å²) in [6.45, 7) is 6.03. The molecule has 2 N–H and O–H groups in total. The third kappa shape index (κ3) is 2.30. The van der Waals surface area contributed by atoms with Crippen LogP contribution >= 0.6 is 0 Å². The first-order valence-electron chi connectivity index (χ1n) is 7.10. The highest BCUT2D eigenvalue weighted by Gasteiger charge is 2.17. The van der Waals surface area contributed by atoms with E-state index in [4.69, 9.17) is 0 Å². The number of fused-ring (bicyclic) bond motifs is 1. The molecule has 1 fully saturated rings. The molecule has 0 bridgehead atoms. The predicted molar refractivity (Wildman–Crippen MR) is 81.8 cm³/mol. The smallest absolute Gasteiger partial charge is 0.151 e. The highest BCUT2D eigenvalue weighted by molar-refractivity contribution is 5.53. The standard InChI is InChI=1S/C15H21N5/c1-3-20(16-2)15-10-18-14-5-4-13(11-19(14)15)12-6-8-17-9-7-12/h3-5,10-12,16-17H,1,6-9H2,2H3. The zero-order valence-electron chi connectivity index (χ0n) is 11.8. The summed E-state index contributed by atoms with van der Waals surface area (Å²) in [5.41, 5.74) is 5.44. The predicted octanol–water partition coefficient (Wildman–Crippen LogP) is 1.89. The first-order valence-corrected chi connectivity index (χ1v) is 7.10. The molecule has 1 aliphatic rings. The van der Waals surface area contributed by atoms with Crippen molar-refractivity contribution in [1.29, 1.82) is 0 Å². The summed E-state index contributed by atoms with van der Waals surface area (Å²) in [7, 11) is 1.87. The Morgan fingerprint density at radius 1 is 1.45 bits per heavy atom. The average molecular weight is 271 g/mol. The Bertz CT molecular complexity index is 597. The first-order chi connectivity index (χ1) is 9.83. The molecule has 3 heterocycles. The van der Waals surface area contributed by atoms with Gasteiger partial charge in [-0.25, -0.2) is 10.4 Å². The van der Waals surface area contributed by atoms with Crippen LogP contribution in [-0.2, 0) is 0 Å². The van der Waals surface area contributed by atoms with Crippen LogP contribution in [0.25, 0.3) is 5.65 Å². The van der Waals surface area contributed by atoms with E-state index in [9.17, 15) is 0 Å². The van der Waals surface area contributed by atoms with Crippen molar-refractivity contribution in [3.05, 3.63) is 42.9 Å². The van der Waals surface area contributed by atoms with Crippen LogP contribution < -0.4 is 15.8 Å². The molecule has 0 aromatic carbocycles. The number of rotatable bonds is 4. The second kappa shape index (κ2) is 5.64. The van der Waals surface area contributed by atoms with Crippen LogP contribution in [0.15, 0.2) is 37.3 Å². The number of piperidine rings is 1. The lowest BCUT2D eigenvalue weighted by atomic mass is 9.91. The fourth-order valence-electron chi connectivity index (χ4n) is 2.86. The molecule has 1 saturated heterocycles. The second-order valence-electron chi connectivity index (χ2n) is 5.11. The van der Waals surface area contributed by atoms with Gasteiger partial charge in [-0.1, -0.05) is 12.6 Å². The van der Waals surface area contributed by atoms with Crippen LogP contribution in [0.5, 0.6) is 0 Å². The van der Waals surface area contributed by atoms with E-state index in [0.717, 1.165) is 24.6 Å². The summed E-state index contributed by atoms with van der Waals surface area (Å²) in [6.07, 6.45) is 8.22. The number of hydrogen-bond donors (Lipinski definition) is 2. The van der Waals surface area contributed by atoms with Crippen LogP contribution in [-0.4, -0.2) is 29.5 Å². The minimum Gasteiger partial charge on any atom is -0.317 e. The van der Waals surface area contributed by atoms with Crippen molar-refractivity contribution in [1.82, 2.24) is 20.1 Å². The fourth-order valence-corrected chi connectivity index (χ4v) is 2.86. The molecule has 3 rings (SSSR count). The highest BCUT2D eigenvalue weighted by Crippen LogP contribution is 2.26. The molecule has 20 heavy (non-hydrogen) atoms. The van der Waals surface area contributed by atoms with Crippen LogP contribution in [0.3, 0.4) is 0 Å². The quantitative estimate of drug-likeness (QED) is 0.834. The molecule has 0 atom stereocenters. The Labute approximate surface area is 119 Å². The molecule has 0 spiro atoms. The number of imidazole rings is 1. The van der Waals surface area contributed by atoms with Gasteiger partial charge in [-0.2, -0.15) is 0 Å². The Morgan fingerprint density at radius 2 is 2.25 bits per heavy atom. The van der Waals surface area contributed by atoms with E-state index >= 15 is 0 Å². The van der Waals surface area contributed by atoms with Crippen LogP contribution in [0.1, 0.15) is 24.3 Å². The maximum atomic E-state index is 4.44. The average Bonchev–Trinajstić information content (AvgIpc) is 2.93. The molecule has 0 radical (unpaired) electrons. The topological polar surface area (TPSA) is 44.6 Å². The van der Waals surface area contributed by atoms with Gasteiger partial charge < -0.3 is 5.32 Å². The summed E-state index contributed by atoms with van der Waals surface area (Å²) in [5.74, 6) is 1.62. The summed E-state index contributed by atoms with van der Waals surface area (Å²) >= 11 is 0. The normalized spacial score (nSPS) is 16.4. The SMILES string of the molecule is C=CN(NC)c1cnc2ccc(C3CCNCC3)cn12. The number of hydrogen-bond acceptors (Lipinski definition) is 4. The van der Waals surface area contributed by atoms with E-state index in [-0.39, 0.29) is 0 Å². The molecule has 0 amide bonds. The van der Waals surface area contributed by atoms with E-state index in [1.165, 1.54) is 18.4 Å². The third-order valence-electron chi connectivity index (χ3n) is 3.99. The molecular formula is C15H21N5. The molecule has 0 saturated carbocycles. The van der Waals surface area contributed by atoms with E-state index < -0.39 is 0 Å². The van der Waals surface area contributed by atoms with Gasteiger partial charge in [-0.3, -0.25) is 9.41 Å². The van der Waals surface area contributed by atoms with Gasteiger partial charge in [-0.05, 0) is 43.5 Å². The summed E-state index contributed by atoms with van der Waals surface area (Å²) < 4.78 is 2.12. The Kier molecular flexibility index (Phi) is 3.71. The van der Waals surface area contributed by atoms with E-state index in [0.29, 0.717) is 5.92 Å². The van der Waals surface area contributed by atoms with E-state index in [1.54, 1.807) is 6.20 Å². The summed E-state index contributed by atoms with van der Waals surface area (Å²) in [4.78, 5) is 4.44. The molecule has 0 aliphatic carbocycles. The van der Waals surface area contributed by atoms with Gasteiger partial charge in [0.15, 0.2) is 5.82 Å². The van der Waals surface area contributed by atoms with E-state index in [2.05, 4.69) is 45.0 Å². The molecular weight excluding hydrogens is 250 g/mol. The molecule has 106 valence electrons. The molecule has 5 heteroatoms. The maximum Gasteiger partial charge on any atom is 0.151 e. The van der Waals surface area contributed by atoms with Gasteiger partial charge in [0.1, 0.15) is 5.65 Å². The van der Waals surface area contributed by atoms with Crippen molar-refractivity contribution in [2.24, 2.45) is 0 Å². The fraction of sp³-hybridized carbons (Fsp3) is 0.400. The van der Waals surface area contributed by atoms with Crippen LogP contribution in [0, 0.1) is 0 Å². The molecule has 5 nitrogen and oxygen atoms in total.